The molecule has 1 N–H and O–H groups in total. The maximum absolute atomic E-state index is 12.6. The van der Waals surface area contributed by atoms with Gasteiger partial charge in [0.15, 0.2) is 0 Å². The number of aromatic nitrogens is 2. The number of carbonyl (C=O) groups excluding carboxylic acids is 2. The number of nitrogens with zero attached hydrogens (tertiary/aromatic N) is 3. The minimum atomic E-state index is -0.752. The van der Waals surface area contributed by atoms with Gasteiger partial charge in [-0.25, -0.2) is 0 Å². The SMILES string of the molecule is CCn1cc(CN2C(=O)C(C)NC(=O)C2(CC)CC)cn1. The van der Waals surface area contributed by atoms with Crippen molar-refractivity contribution in [3.05, 3.63) is 18.0 Å². The van der Waals surface area contributed by atoms with Crippen LogP contribution in [0.2, 0.25) is 0 Å². The molecule has 6 nitrogen and oxygen atoms in total. The molecule has 0 saturated carbocycles. The van der Waals surface area contributed by atoms with Crippen LogP contribution in [0.3, 0.4) is 0 Å². The maximum Gasteiger partial charge on any atom is 0.246 e. The molecule has 1 aromatic heterocycles. The molecule has 0 spiro atoms. The van der Waals surface area contributed by atoms with Gasteiger partial charge in [0.25, 0.3) is 0 Å². The van der Waals surface area contributed by atoms with Crippen LogP contribution in [0.5, 0.6) is 0 Å². The smallest absolute Gasteiger partial charge is 0.246 e. The van der Waals surface area contributed by atoms with Gasteiger partial charge >= 0.3 is 0 Å². The van der Waals surface area contributed by atoms with E-state index < -0.39 is 11.6 Å². The van der Waals surface area contributed by atoms with Crippen molar-refractivity contribution >= 4 is 11.8 Å². The Morgan fingerprint density at radius 2 is 1.95 bits per heavy atom. The first kappa shape index (κ1) is 15.5. The summed E-state index contributed by atoms with van der Waals surface area (Å²) in [5.41, 5.74) is 0.205. The first-order valence-electron chi connectivity index (χ1n) is 7.62. The van der Waals surface area contributed by atoms with Gasteiger partial charge in [-0.3, -0.25) is 14.3 Å². The molecule has 1 aliphatic heterocycles. The van der Waals surface area contributed by atoms with Crippen LogP contribution in [0.1, 0.15) is 46.1 Å². The lowest BCUT2D eigenvalue weighted by molar-refractivity contribution is -0.158. The van der Waals surface area contributed by atoms with Crippen LogP contribution in [0.15, 0.2) is 12.4 Å². The van der Waals surface area contributed by atoms with E-state index in [2.05, 4.69) is 10.4 Å². The fraction of sp³-hybridized carbons (Fsp3) is 0.667. The Labute approximate surface area is 125 Å². The highest BCUT2D eigenvalue weighted by Gasteiger charge is 2.49. The number of carbonyl (C=O) groups is 2. The van der Waals surface area contributed by atoms with Gasteiger partial charge in [-0.1, -0.05) is 13.8 Å². The fourth-order valence-corrected chi connectivity index (χ4v) is 2.99. The van der Waals surface area contributed by atoms with Crippen molar-refractivity contribution in [1.82, 2.24) is 20.0 Å². The molecule has 2 rings (SSSR count). The van der Waals surface area contributed by atoms with Crippen molar-refractivity contribution in [3.63, 3.8) is 0 Å². The third kappa shape index (κ3) is 2.54. The van der Waals surface area contributed by atoms with Crippen LogP contribution in [-0.2, 0) is 22.7 Å². The second-order valence-corrected chi connectivity index (χ2v) is 5.56. The van der Waals surface area contributed by atoms with E-state index in [1.54, 1.807) is 18.0 Å². The number of amides is 2. The lowest BCUT2D eigenvalue weighted by Crippen LogP contribution is -2.69. The van der Waals surface area contributed by atoms with Crippen LogP contribution in [0.25, 0.3) is 0 Å². The Balaban J connectivity index is 2.34. The fourth-order valence-electron chi connectivity index (χ4n) is 2.99. The highest BCUT2D eigenvalue weighted by atomic mass is 16.2. The Bertz CT molecular complexity index is 534. The van der Waals surface area contributed by atoms with Crippen molar-refractivity contribution in [2.45, 2.75) is 65.2 Å². The highest BCUT2D eigenvalue weighted by Crippen LogP contribution is 2.30. The molecule has 1 unspecified atom stereocenters. The number of hydrogen-bond acceptors (Lipinski definition) is 3. The zero-order chi connectivity index (χ0) is 15.6. The summed E-state index contributed by atoms with van der Waals surface area (Å²) < 4.78 is 1.83. The summed E-state index contributed by atoms with van der Waals surface area (Å²) in [6.07, 6.45) is 4.91. The molecule has 0 aliphatic carbocycles. The Hall–Kier alpha value is -1.85. The molecule has 0 aromatic carbocycles. The van der Waals surface area contributed by atoms with Gasteiger partial charge in [0.1, 0.15) is 11.6 Å². The number of hydrogen-bond donors (Lipinski definition) is 1. The van der Waals surface area contributed by atoms with Gasteiger partial charge < -0.3 is 10.2 Å². The minimum absolute atomic E-state index is 0.0254. The summed E-state index contributed by atoms with van der Waals surface area (Å²) in [4.78, 5) is 26.8. The molecule has 0 bridgehead atoms. The predicted octanol–water partition coefficient (Wildman–Crippen LogP) is 1.31. The van der Waals surface area contributed by atoms with Gasteiger partial charge in [-0.15, -0.1) is 0 Å². The molecule has 21 heavy (non-hydrogen) atoms. The molecular weight excluding hydrogens is 268 g/mol. The molecule has 2 amide bonds. The quantitative estimate of drug-likeness (QED) is 0.889. The zero-order valence-electron chi connectivity index (χ0n) is 13.2. The molecule has 0 radical (unpaired) electrons. The zero-order valence-corrected chi connectivity index (χ0v) is 13.2. The molecule has 1 fully saturated rings. The average molecular weight is 292 g/mol. The van der Waals surface area contributed by atoms with E-state index in [-0.39, 0.29) is 11.8 Å². The number of nitrogens with one attached hydrogen (secondary N) is 1. The van der Waals surface area contributed by atoms with Crippen LogP contribution in [-0.4, -0.2) is 38.1 Å². The van der Waals surface area contributed by atoms with Crippen molar-refractivity contribution in [1.29, 1.82) is 0 Å². The summed E-state index contributed by atoms with van der Waals surface area (Å²) in [7, 11) is 0. The van der Waals surface area contributed by atoms with E-state index in [0.717, 1.165) is 12.1 Å². The van der Waals surface area contributed by atoms with Crippen molar-refractivity contribution < 1.29 is 9.59 Å². The molecule has 1 saturated heterocycles. The van der Waals surface area contributed by atoms with Crippen molar-refractivity contribution in [2.24, 2.45) is 0 Å². The topological polar surface area (TPSA) is 67.2 Å². The van der Waals surface area contributed by atoms with Gasteiger partial charge in [-0.2, -0.15) is 5.10 Å². The maximum atomic E-state index is 12.6. The van der Waals surface area contributed by atoms with Crippen molar-refractivity contribution in [2.75, 3.05) is 0 Å². The molecular formula is C15H24N4O2. The van der Waals surface area contributed by atoms with E-state index >= 15 is 0 Å². The third-order valence-electron chi connectivity index (χ3n) is 4.44. The van der Waals surface area contributed by atoms with E-state index in [0.29, 0.717) is 19.4 Å². The predicted molar refractivity (Wildman–Crippen MR) is 79.4 cm³/mol. The normalized spacial score (nSPS) is 21.5. The number of rotatable bonds is 5. The largest absolute Gasteiger partial charge is 0.343 e. The number of aryl methyl sites for hydroxylation is 1. The lowest BCUT2D eigenvalue weighted by atomic mass is 9.85. The molecule has 116 valence electrons. The van der Waals surface area contributed by atoms with Gasteiger partial charge in [-0.05, 0) is 26.7 Å². The Morgan fingerprint density at radius 3 is 2.48 bits per heavy atom. The van der Waals surface area contributed by atoms with Crippen LogP contribution < -0.4 is 5.32 Å². The summed E-state index contributed by atoms with van der Waals surface area (Å²) in [6.45, 7) is 8.87. The van der Waals surface area contributed by atoms with Gasteiger partial charge in [0.05, 0.1) is 6.20 Å². The number of piperazine rings is 1. The molecule has 2 heterocycles. The average Bonchev–Trinajstić information content (AvgIpc) is 2.93. The van der Waals surface area contributed by atoms with E-state index in [9.17, 15) is 9.59 Å². The summed E-state index contributed by atoms with van der Waals surface area (Å²) in [5.74, 6) is -0.0787. The Kier molecular flexibility index (Phi) is 4.34. The van der Waals surface area contributed by atoms with Crippen LogP contribution in [0.4, 0.5) is 0 Å². The van der Waals surface area contributed by atoms with Crippen LogP contribution >= 0.6 is 0 Å². The molecule has 1 atom stereocenters. The van der Waals surface area contributed by atoms with E-state index in [1.807, 2.05) is 31.6 Å². The molecule has 6 heteroatoms. The van der Waals surface area contributed by atoms with E-state index in [1.165, 1.54) is 0 Å². The third-order valence-corrected chi connectivity index (χ3v) is 4.44. The summed E-state index contributed by atoms with van der Waals surface area (Å²) in [5, 5.41) is 7.04. The summed E-state index contributed by atoms with van der Waals surface area (Å²) in [6, 6.07) is -0.468. The van der Waals surface area contributed by atoms with Crippen molar-refractivity contribution in [3.8, 4) is 0 Å². The minimum Gasteiger partial charge on any atom is -0.343 e. The standard InChI is InChI=1S/C15H24N4O2/c1-5-15(6-2)14(21)17-11(4)13(20)19(15)10-12-8-16-18(7-3)9-12/h8-9,11H,5-7,10H2,1-4H3,(H,17,21). The second-order valence-electron chi connectivity index (χ2n) is 5.56. The summed E-state index contributed by atoms with van der Waals surface area (Å²) >= 11 is 0. The monoisotopic (exact) mass is 292 g/mol. The van der Waals surface area contributed by atoms with Gasteiger partial charge in [0.2, 0.25) is 11.8 Å². The van der Waals surface area contributed by atoms with E-state index in [4.69, 9.17) is 0 Å². The first-order valence-corrected chi connectivity index (χ1v) is 7.62. The first-order chi connectivity index (χ1) is 9.98. The second kappa shape index (κ2) is 5.87. The van der Waals surface area contributed by atoms with Crippen LogP contribution in [0, 0.1) is 0 Å². The Morgan fingerprint density at radius 1 is 1.29 bits per heavy atom. The molecule has 1 aromatic rings. The van der Waals surface area contributed by atoms with Gasteiger partial charge in [0, 0.05) is 24.8 Å². The lowest BCUT2D eigenvalue weighted by Gasteiger charge is -2.47. The highest BCUT2D eigenvalue weighted by molar-refractivity contribution is 5.99. The molecule has 1 aliphatic rings.